The van der Waals surface area contributed by atoms with Crippen LogP contribution in [-0.4, -0.2) is 23.9 Å². The minimum absolute atomic E-state index is 0.223. The number of hydrogen-bond donors (Lipinski definition) is 2. The van der Waals surface area contributed by atoms with Gasteiger partial charge in [0.25, 0.3) is 11.8 Å². The smallest absolute Gasteiger partial charge is 0.339 e. The monoisotopic (exact) mass is 346 g/mol. The van der Waals surface area contributed by atoms with Gasteiger partial charge in [-0.3, -0.25) is 9.59 Å². The zero-order chi connectivity index (χ0) is 17.9. The lowest BCUT2D eigenvalue weighted by atomic mass is 10.1. The lowest BCUT2D eigenvalue weighted by Crippen LogP contribution is -2.30. The normalized spacial score (nSPS) is 11.6. The van der Waals surface area contributed by atoms with Crippen molar-refractivity contribution in [2.45, 2.75) is 26.9 Å². The number of thiophene rings is 1. The number of aryl methyl sites for hydroxylation is 2. The van der Waals surface area contributed by atoms with Crippen molar-refractivity contribution in [3.8, 4) is 0 Å². The molecule has 0 fully saturated rings. The maximum absolute atomic E-state index is 12.2. The number of esters is 1. The van der Waals surface area contributed by atoms with E-state index >= 15 is 0 Å². The third-order valence-electron chi connectivity index (χ3n) is 3.42. The van der Waals surface area contributed by atoms with Gasteiger partial charge in [-0.1, -0.05) is 17.7 Å². The first-order valence-corrected chi connectivity index (χ1v) is 8.14. The number of hydrogen-bond acceptors (Lipinski definition) is 5. The van der Waals surface area contributed by atoms with Gasteiger partial charge in [-0.2, -0.15) is 0 Å². The summed E-state index contributed by atoms with van der Waals surface area (Å²) in [5.41, 5.74) is 7.68. The Morgan fingerprint density at radius 2 is 1.88 bits per heavy atom. The summed E-state index contributed by atoms with van der Waals surface area (Å²) in [5.74, 6) is -1.74. The van der Waals surface area contributed by atoms with E-state index in [0.29, 0.717) is 10.6 Å². The molecule has 2 amide bonds. The summed E-state index contributed by atoms with van der Waals surface area (Å²) in [6, 6.07) is 6.86. The number of carbonyl (C=O) groups excluding carboxylic acids is 3. The van der Waals surface area contributed by atoms with Crippen LogP contribution in [0.25, 0.3) is 0 Å². The molecule has 0 spiro atoms. The highest BCUT2D eigenvalue weighted by Crippen LogP contribution is 2.23. The summed E-state index contributed by atoms with van der Waals surface area (Å²) in [6.45, 7) is 5.20. The van der Waals surface area contributed by atoms with Crippen molar-refractivity contribution in [3.63, 3.8) is 0 Å². The highest BCUT2D eigenvalue weighted by molar-refractivity contribution is 7.14. The number of nitrogens with two attached hydrogens (primary N) is 1. The van der Waals surface area contributed by atoms with E-state index in [0.717, 1.165) is 11.1 Å². The Labute approximate surface area is 143 Å². The molecule has 0 bridgehead atoms. The van der Waals surface area contributed by atoms with Crippen LogP contribution >= 0.6 is 11.3 Å². The minimum atomic E-state index is -1.01. The number of amides is 2. The fourth-order valence-corrected chi connectivity index (χ4v) is 2.93. The van der Waals surface area contributed by atoms with Gasteiger partial charge < -0.3 is 15.8 Å². The first-order valence-electron chi connectivity index (χ1n) is 7.26. The van der Waals surface area contributed by atoms with Gasteiger partial charge in [0.15, 0.2) is 6.10 Å². The van der Waals surface area contributed by atoms with Crippen LogP contribution < -0.4 is 11.1 Å². The molecule has 2 rings (SSSR count). The molecule has 1 aromatic carbocycles. The number of ether oxygens (including phenoxy) is 1. The van der Waals surface area contributed by atoms with E-state index in [1.807, 2.05) is 13.0 Å². The predicted octanol–water partition coefficient (Wildman–Crippen LogP) is 2.65. The SMILES string of the molecule is Cc1ccc(C(=O)O[C@@H](C)C(=O)Nc2sccc2C(N)=O)c(C)c1. The minimum Gasteiger partial charge on any atom is -0.449 e. The molecule has 2 aromatic rings. The van der Waals surface area contributed by atoms with E-state index in [4.69, 9.17) is 10.5 Å². The van der Waals surface area contributed by atoms with Crippen LogP contribution in [0.4, 0.5) is 5.00 Å². The van der Waals surface area contributed by atoms with Crippen LogP contribution in [0.2, 0.25) is 0 Å². The molecular formula is C17H18N2O4S. The van der Waals surface area contributed by atoms with E-state index in [2.05, 4.69) is 5.32 Å². The Bertz CT molecular complexity index is 798. The first-order chi connectivity index (χ1) is 11.3. The highest BCUT2D eigenvalue weighted by atomic mass is 32.1. The first kappa shape index (κ1) is 17.7. The van der Waals surface area contributed by atoms with E-state index < -0.39 is 23.9 Å². The molecule has 126 valence electrons. The Morgan fingerprint density at radius 3 is 2.50 bits per heavy atom. The molecule has 6 nitrogen and oxygen atoms in total. The number of rotatable bonds is 5. The Balaban J connectivity index is 2.04. The van der Waals surface area contributed by atoms with Crippen molar-refractivity contribution in [2.75, 3.05) is 5.32 Å². The van der Waals surface area contributed by atoms with Gasteiger partial charge in [-0.25, -0.2) is 4.79 Å². The van der Waals surface area contributed by atoms with Crippen LogP contribution in [0, 0.1) is 13.8 Å². The molecule has 0 aliphatic heterocycles. The molecular weight excluding hydrogens is 328 g/mol. The second kappa shape index (κ2) is 7.27. The lowest BCUT2D eigenvalue weighted by Gasteiger charge is -2.14. The quantitative estimate of drug-likeness (QED) is 0.813. The lowest BCUT2D eigenvalue weighted by molar-refractivity contribution is -0.123. The fourth-order valence-electron chi connectivity index (χ4n) is 2.13. The molecule has 3 N–H and O–H groups in total. The number of primary amides is 1. The largest absolute Gasteiger partial charge is 0.449 e. The number of anilines is 1. The molecule has 0 radical (unpaired) electrons. The molecule has 7 heteroatoms. The second-order valence-corrected chi connectivity index (χ2v) is 6.30. The summed E-state index contributed by atoms with van der Waals surface area (Å²) in [6.07, 6.45) is -1.01. The predicted molar refractivity (Wildman–Crippen MR) is 92.3 cm³/mol. The number of benzene rings is 1. The second-order valence-electron chi connectivity index (χ2n) is 5.38. The molecule has 24 heavy (non-hydrogen) atoms. The Kier molecular flexibility index (Phi) is 5.35. The topological polar surface area (TPSA) is 98.5 Å². The zero-order valence-corrected chi connectivity index (χ0v) is 14.4. The van der Waals surface area contributed by atoms with E-state index in [1.54, 1.807) is 24.4 Å². The maximum Gasteiger partial charge on any atom is 0.339 e. The van der Waals surface area contributed by atoms with Gasteiger partial charge in [0.1, 0.15) is 5.00 Å². The van der Waals surface area contributed by atoms with E-state index in [9.17, 15) is 14.4 Å². The summed E-state index contributed by atoms with van der Waals surface area (Å²) in [4.78, 5) is 35.6. The van der Waals surface area contributed by atoms with Crippen LogP contribution in [0.1, 0.15) is 38.8 Å². The summed E-state index contributed by atoms with van der Waals surface area (Å²) in [5, 5.41) is 4.53. The molecule has 0 aliphatic rings. The van der Waals surface area contributed by atoms with Gasteiger partial charge in [-0.05, 0) is 43.8 Å². The van der Waals surface area contributed by atoms with Gasteiger partial charge in [0.2, 0.25) is 0 Å². The highest BCUT2D eigenvalue weighted by Gasteiger charge is 2.22. The molecule has 0 saturated carbocycles. The van der Waals surface area contributed by atoms with Crippen molar-refractivity contribution in [1.82, 2.24) is 0 Å². The molecule has 0 aliphatic carbocycles. The molecule has 1 atom stereocenters. The van der Waals surface area contributed by atoms with E-state index in [1.165, 1.54) is 24.3 Å². The zero-order valence-electron chi connectivity index (χ0n) is 13.6. The van der Waals surface area contributed by atoms with Crippen LogP contribution in [0.5, 0.6) is 0 Å². The van der Waals surface area contributed by atoms with Crippen LogP contribution in [-0.2, 0) is 9.53 Å². The van der Waals surface area contributed by atoms with Crippen molar-refractivity contribution < 1.29 is 19.1 Å². The van der Waals surface area contributed by atoms with Crippen molar-refractivity contribution in [3.05, 3.63) is 51.9 Å². The van der Waals surface area contributed by atoms with Gasteiger partial charge in [-0.15, -0.1) is 11.3 Å². The number of carbonyl (C=O) groups is 3. The molecule has 1 aromatic heterocycles. The summed E-state index contributed by atoms with van der Waals surface area (Å²) < 4.78 is 5.21. The van der Waals surface area contributed by atoms with Crippen molar-refractivity contribution in [1.29, 1.82) is 0 Å². The molecule has 0 saturated heterocycles. The summed E-state index contributed by atoms with van der Waals surface area (Å²) >= 11 is 1.17. The van der Waals surface area contributed by atoms with Gasteiger partial charge >= 0.3 is 5.97 Å². The van der Waals surface area contributed by atoms with Crippen LogP contribution in [0.15, 0.2) is 29.6 Å². The summed E-state index contributed by atoms with van der Waals surface area (Å²) in [7, 11) is 0. The van der Waals surface area contributed by atoms with Gasteiger partial charge in [0, 0.05) is 0 Å². The third-order valence-corrected chi connectivity index (χ3v) is 4.25. The molecule has 1 heterocycles. The maximum atomic E-state index is 12.2. The molecule has 0 unspecified atom stereocenters. The average molecular weight is 346 g/mol. The fraction of sp³-hybridized carbons (Fsp3) is 0.235. The van der Waals surface area contributed by atoms with Gasteiger partial charge in [0.05, 0.1) is 11.1 Å². The number of nitrogens with one attached hydrogen (secondary N) is 1. The average Bonchev–Trinajstić information content (AvgIpc) is 2.95. The Hall–Kier alpha value is -2.67. The van der Waals surface area contributed by atoms with Crippen LogP contribution in [0.3, 0.4) is 0 Å². The standard InChI is InChI=1S/C17H18N2O4S/c1-9-4-5-12(10(2)8-9)17(22)23-11(3)15(21)19-16-13(14(18)20)6-7-24-16/h4-8,11H,1-3H3,(H2,18,20)(H,19,21)/t11-/m0/s1. The third kappa shape index (κ3) is 3.99. The van der Waals surface area contributed by atoms with Crippen molar-refractivity contribution in [2.24, 2.45) is 5.73 Å². The Morgan fingerprint density at radius 1 is 1.17 bits per heavy atom. The van der Waals surface area contributed by atoms with E-state index in [-0.39, 0.29) is 5.56 Å². The van der Waals surface area contributed by atoms with Crippen molar-refractivity contribution >= 4 is 34.1 Å².